The van der Waals surface area contributed by atoms with Crippen molar-refractivity contribution in [1.29, 1.82) is 0 Å². The summed E-state index contributed by atoms with van der Waals surface area (Å²) in [4.78, 5) is 8.49. The van der Waals surface area contributed by atoms with Crippen molar-refractivity contribution in [2.75, 3.05) is 0 Å². The van der Waals surface area contributed by atoms with Gasteiger partial charge >= 0.3 is 7.12 Å². The zero-order valence-electron chi connectivity index (χ0n) is 12.4. The second-order valence-corrected chi connectivity index (χ2v) is 6.31. The van der Waals surface area contributed by atoms with E-state index in [1.165, 1.54) is 0 Å². The van der Waals surface area contributed by atoms with Crippen LogP contribution >= 0.6 is 0 Å². The third-order valence-corrected chi connectivity index (χ3v) is 4.36. The topological polar surface area (TPSA) is 66.9 Å². The molecular weight excluding hydrogens is 269 g/mol. The van der Waals surface area contributed by atoms with Crippen molar-refractivity contribution in [2.24, 2.45) is 0 Å². The molecule has 3 aromatic heterocycles. The Bertz CT molecular complexity index is 821. The van der Waals surface area contributed by atoms with Gasteiger partial charge in [-0.25, -0.2) is 4.98 Å². The summed E-state index contributed by atoms with van der Waals surface area (Å²) in [6, 6.07) is 0. The molecule has 0 unspecified atom stereocenters. The van der Waals surface area contributed by atoms with Crippen molar-refractivity contribution in [2.45, 2.75) is 38.9 Å². The lowest BCUT2D eigenvalue weighted by Crippen LogP contribution is -2.41. The first kappa shape index (κ1) is 12.8. The molecule has 0 atom stereocenters. The van der Waals surface area contributed by atoms with Gasteiger partial charge in [0.05, 0.1) is 16.7 Å². The smallest absolute Gasteiger partial charge is 0.399 e. The molecule has 0 aliphatic carbocycles. The fraction of sp³-hybridized carbons (Fsp3) is 0.462. The highest BCUT2D eigenvalue weighted by Crippen LogP contribution is 2.36. The second kappa shape index (κ2) is 3.83. The van der Waals surface area contributed by atoms with Gasteiger partial charge in [-0.2, -0.15) is 4.52 Å². The van der Waals surface area contributed by atoms with Crippen molar-refractivity contribution in [3.8, 4) is 0 Å². The molecule has 4 heterocycles. The molecule has 8 heteroatoms. The van der Waals surface area contributed by atoms with Gasteiger partial charge in [-0.1, -0.05) is 4.63 Å². The first-order valence-electron chi connectivity index (χ1n) is 6.91. The highest BCUT2D eigenvalue weighted by Gasteiger charge is 2.52. The highest BCUT2D eigenvalue weighted by atomic mass is 16.7. The maximum Gasteiger partial charge on any atom is 0.501 e. The van der Waals surface area contributed by atoms with Crippen LogP contribution in [0.15, 0.2) is 24.8 Å². The van der Waals surface area contributed by atoms with Crippen LogP contribution in [0, 0.1) is 0 Å². The van der Waals surface area contributed by atoms with Crippen LogP contribution in [0.4, 0.5) is 0 Å². The molecule has 1 aliphatic heterocycles. The lowest BCUT2D eigenvalue weighted by Gasteiger charge is -2.32. The molecule has 0 N–H and O–H groups in total. The Kier molecular flexibility index (Phi) is 2.33. The second-order valence-electron chi connectivity index (χ2n) is 6.31. The van der Waals surface area contributed by atoms with E-state index in [1.807, 2.05) is 44.6 Å². The largest absolute Gasteiger partial charge is 0.501 e. The maximum absolute atomic E-state index is 6.05. The normalized spacial score (nSPS) is 20.7. The van der Waals surface area contributed by atoms with E-state index in [-0.39, 0.29) is 11.2 Å². The molecule has 0 aromatic carbocycles. The summed E-state index contributed by atoms with van der Waals surface area (Å²) in [6.45, 7) is 8.15. The SMILES string of the molecule is CC1(C)OB(c2cn3c4nccnc4[n-][n+]3c2)OC1(C)C. The summed E-state index contributed by atoms with van der Waals surface area (Å²) in [5, 5.41) is 4.37. The molecule has 1 fully saturated rings. The Labute approximate surface area is 122 Å². The van der Waals surface area contributed by atoms with E-state index in [9.17, 15) is 0 Å². The predicted octanol–water partition coefficient (Wildman–Crippen LogP) is -0.276. The van der Waals surface area contributed by atoms with Gasteiger partial charge in [-0.05, 0) is 33.9 Å². The summed E-state index contributed by atoms with van der Waals surface area (Å²) >= 11 is 0. The van der Waals surface area contributed by atoms with Crippen molar-refractivity contribution in [3.05, 3.63) is 24.8 Å². The Hall–Kier alpha value is -1.93. The number of hydrogen-bond acceptors (Lipinski definition) is 4. The Morgan fingerprint density at radius 3 is 2.52 bits per heavy atom. The van der Waals surface area contributed by atoms with Gasteiger partial charge in [0.15, 0.2) is 5.65 Å². The number of fused-ring (bicyclic) bond motifs is 3. The van der Waals surface area contributed by atoms with E-state index < -0.39 is 7.12 Å². The van der Waals surface area contributed by atoms with Crippen molar-refractivity contribution < 1.29 is 13.9 Å². The van der Waals surface area contributed by atoms with Gasteiger partial charge in [0, 0.05) is 12.4 Å². The Morgan fingerprint density at radius 2 is 1.81 bits per heavy atom. The lowest BCUT2D eigenvalue weighted by atomic mass is 9.82. The molecule has 0 amide bonds. The third kappa shape index (κ3) is 1.72. The first-order valence-corrected chi connectivity index (χ1v) is 6.91. The van der Waals surface area contributed by atoms with Crippen LogP contribution in [-0.4, -0.2) is 32.8 Å². The summed E-state index contributed by atoms with van der Waals surface area (Å²) < 4.78 is 15.6. The number of rotatable bonds is 1. The van der Waals surface area contributed by atoms with Gasteiger partial charge in [-0.15, -0.1) is 5.10 Å². The minimum atomic E-state index is -0.407. The van der Waals surface area contributed by atoms with Gasteiger partial charge in [0.1, 0.15) is 5.65 Å². The van der Waals surface area contributed by atoms with Crippen molar-refractivity contribution in [1.82, 2.24) is 19.6 Å². The summed E-state index contributed by atoms with van der Waals surface area (Å²) in [7, 11) is -0.407. The third-order valence-electron chi connectivity index (χ3n) is 4.36. The molecule has 4 rings (SSSR count). The molecule has 0 spiro atoms. The number of aromatic nitrogens is 5. The zero-order chi connectivity index (χ0) is 14.8. The highest BCUT2D eigenvalue weighted by molar-refractivity contribution is 6.61. The van der Waals surface area contributed by atoms with E-state index in [0.29, 0.717) is 11.3 Å². The van der Waals surface area contributed by atoms with Gasteiger partial charge in [0.25, 0.3) is 0 Å². The molecular formula is C13H16BN5O2. The average Bonchev–Trinajstić information content (AvgIpc) is 2.99. The Balaban J connectivity index is 1.79. The summed E-state index contributed by atoms with van der Waals surface area (Å²) in [5.74, 6) is 0. The van der Waals surface area contributed by atoms with Crippen molar-refractivity contribution in [3.63, 3.8) is 0 Å². The lowest BCUT2D eigenvalue weighted by molar-refractivity contribution is -0.673. The fourth-order valence-electron chi connectivity index (χ4n) is 2.42. The van der Waals surface area contributed by atoms with E-state index in [4.69, 9.17) is 9.31 Å². The van der Waals surface area contributed by atoms with E-state index >= 15 is 0 Å². The van der Waals surface area contributed by atoms with E-state index in [0.717, 1.165) is 5.46 Å². The van der Waals surface area contributed by atoms with Gasteiger partial charge in [0.2, 0.25) is 6.20 Å². The molecule has 0 saturated carbocycles. The quantitative estimate of drug-likeness (QED) is 0.454. The van der Waals surface area contributed by atoms with Crippen LogP contribution in [-0.2, 0) is 9.31 Å². The molecule has 108 valence electrons. The first-order chi connectivity index (χ1) is 9.87. The fourth-order valence-corrected chi connectivity index (χ4v) is 2.42. The van der Waals surface area contributed by atoms with Crippen LogP contribution in [0.3, 0.4) is 0 Å². The molecule has 3 aromatic rings. The van der Waals surface area contributed by atoms with Gasteiger partial charge in [-0.3, -0.25) is 0 Å². The molecule has 0 radical (unpaired) electrons. The van der Waals surface area contributed by atoms with Crippen LogP contribution < -0.4 is 15.2 Å². The predicted molar refractivity (Wildman–Crippen MR) is 75.2 cm³/mol. The van der Waals surface area contributed by atoms with Crippen LogP contribution in [0.5, 0.6) is 0 Å². The number of hydrogen-bond donors (Lipinski definition) is 0. The van der Waals surface area contributed by atoms with Crippen LogP contribution in [0.1, 0.15) is 27.7 Å². The number of nitrogens with zero attached hydrogens (tertiary/aromatic N) is 5. The standard InChI is InChI=1S/C13H16BN5O2/c1-12(2)13(3,4)21-14(20-12)9-7-18-11-10(15-5-6-16-11)17-19(18)8-9/h5-8H,1-4H3. The average molecular weight is 285 g/mol. The molecule has 0 bridgehead atoms. The molecule has 21 heavy (non-hydrogen) atoms. The van der Waals surface area contributed by atoms with E-state index in [1.54, 1.807) is 17.0 Å². The minimum Gasteiger partial charge on any atom is -0.399 e. The van der Waals surface area contributed by atoms with Gasteiger partial charge < -0.3 is 14.3 Å². The summed E-state index contributed by atoms with van der Waals surface area (Å²) in [6.07, 6.45) is 7.08. The van der Waals surface area contributed by atoms with Crippen LogP contribution in [0.25, 0.3) is 11.3 Å². The monoisotopic (exact) mass is 285 g/mol. The minimum absolute atomic E-state index is 0.358. The summed E-state index contributed by atoms with van der Waals surface area (Å²) in [5.41, 5.74) is 1.51. The zero-order valence-corrected chi connectivity index (χ0v) is 12.4. The maximum atomic E-state index is 6.05. The molecule has 7 nitrogen and oxygen atoms in total. The Morgan fingerprint density at radius 1 is 1.14 bits per heavy atom. The molecule has 1 aliphatic rings. The van der Waals surface area contributed by atoms with Crippen molar-refractivity contribution >= 4 is 23.9 Å². The van der Waals surface area contributed by atoms with Crippen LogP contribution in [0.2, 0.25) is 0 Å². The molecule has 1 saturated heterocycles. The van der Waals surface area contributed by atoms with E-state index in [2.05, 4.69) is 15.1 Å².